The molecule has 0 saturated heterocycles. The first-order chi connectivity index (χ1) is 5.79. The van der Waals surface area contributed by atoms with Crippen molar-refractivity contribution in [3.8, 4) is 0 Å². The molecular weight excluding hydrogens is 144 g/mol. The average Bonchev–Trinajstić information content (AvgIpc) is 2.47. The molecule has 0 unspecified atom stereocenters. The van der Waals surface area contributed by atoms with Crippen LogP contribution in [0.1, 0.15) is 30.9 Å². The zero-order chi connectivity index (χ0) is 8.55. The van der Waals surface area contributed by atoms with Crippen LogP contribution < -0.4 is 0 Å². The molecule has 1 aromatic rings. The Morgan fingerprint density at radius 3 is 2.67 bits per heavy atom. The van der Waals surface area contributed by atoms with Gasteiger partial charge in [-0.15, -0.1) is 0 Å². The van der Waals surface area contributed by atoms with E-state index >= 15 is 0 Å². The number of hydrogen-bond acceptors (Lipinski definition) is 0. The van der Waals surface area contributed by atoms with Crippen molar-refractivity contribution in [2.45, 2.75) is 19.8 Å². The van der Waals surface area contributed by atoms with Gasteiger partial charge in [0.25, 0.3) is 0 Å². The van der Waals surface area contributed by atoms with Gasteiger partial charge in [-0.05, 0) is 17.0 Å². The molecule has 0 radical (unpaired) electrons. The second-order valence-corrected chi connectivity index (χ2v) is 3.76. The van der Waals surface area contributed by atoms with Gasteiger partial charge in [0.1, 0.15) is 0 Å². The molecule has 0 N–H and O–H groups in total. The lowest BCUT2D eigenvalue weighted by molar-refractivity contribution is 0.584. The highest BCUT2D eigenvalue weighted by molar-refractivity contribution is 5.62. The van der Waals surface area contributed by atoms with Crippen molar-refractivity contribution in [1.29, 1.82) is 0 Å². The van der Waals surface area contributed by atoms with Crippen molar-refractivity contribution in [3.63, 3.8) is 0 Å². The van der Waals surface area contributed by atoms with Crippen molar-refractivity contribution in [2.24, 2.45) is 5.92 Å². The number of rotatable bonds is 1. The van der Waals surface area contributed by atoms with Crippen molar-refractivity contribution in [3.05, 3.63) is 41.5 Å². The summed E-state index contributed by atoms with van der Waals surface area (Å²) in [6, 6.07) is 8.65. The second kappa shape index (κ2) is 2.78. The van der Waals surface area contributed by atoms with E-state index < -0.39 is 0 Å². The molecule has 62 valence electrons. The van der Waals surface area contributed by atoms with Crippen LogP contribution in [-0.4, -0.2) is 0 Å². The van der Waals surface area contributed by atoms with E-state index in [9.17, 15) is 0 Å². The predicted molar refractivity (Wildman–Crippen MR) is 53.1 cm³/mol. The van der Waals surface area contributed by atoms with Crippen molar-refractivity contribution in [2.75, 3.05) is 0 Å². The third kappa shape index (κ3) is 1.08. The Balaban J connectivity index is 2.42. The lowest BCUT2D eigenvalue weighted by Crippen LogP contribution is -2.00. The number of fused-ring (bicyclic) bond motifs is 1. The van der Waals surface area contributed by atoms with Crippen molar-refractivity contribution in [1.82, 2.24) is 0 Å². The van der Waals surface area contributed by atoms with Crippen LogP contribution in [0, 0.1) is 5.92 Å². The van der Waals surface area contributed by atoms with Crippen LogP contribution in [0.2, 0.25) is 0 Å². The molecule has 0 spiro atoms. The minimum atomic E-state index is 0.640. The Morgan fingerprint density at radius 2 is 1.92 bits per heavy atom. The van der Waals surface area contributed by atoms with Crippen LogP contribution in [0.3, 0.4) is 0 Å². The van der Waals surface area contributed by atoms with E-state index in [1.54, 1.807) is 0 Å². The quantitative estimate of drug-likeness (QED) is 0.587. The number of hydrogen-bond donors (Lipinski definition) is 0. The SMILES string of the molecule is CC(C)[C@@H]1C=Cc2ccccc21. The maximum absolute atomic E-state index is 2.31. The van der Waals surface area contributed by atoms with Crippen LogP contribution in [0.25, 0.3) is 6.08 Å². The summed E-state index contributed by atoms with van der Waals surface area (Å²) >= 11 is 0. The first-order valence-corrected chi connectivity index (χ1v) is 4.56. The summed E-state index contributed by atoms with van der Waals surface area (Å²) in [5, 5.41) is 0. The monoisotopic (exact) mass is 158 g/mol. The molecule has 1 aliphatic rings. The fourth-order valence-electron chi connectivity index (χ4n) is 1.86. The smallest absolute Gasteiger partial charge is 0.00502 e. The summed E-state index contributed by atoms with van der Waals surface area (Å²) in [5.74, 6) is 1.35. The van der Waals surface area contributed by atoms with E-state index in [4.69, 9.17) is 0 Å². The standard InChI is InChI=1S/C12H14/c1-9(2)11-8-7-10-5-3-4-6-12(10)11/h3-9,11H,1-2H3/t11-/m0/s1. The second-order valence-electron chi connectivity index (χ2n) is 3.76. The normalized spacial score (nSPS) is 20.1. The van der Waals surface area contributed by atoms with Crippen LogP contribution in [0.5, 0.6) is 0 Å². The number of allylic oxidation sites excluding steroid dienone is 1. The molecule has 0 saturated carbocycles. The molecule has 0 amide bonds. The number of benzene rings is 1. The van der Waals surface area contributed by atoms with Crippen LogP contribution in [-0.2, 0) is 0 Å². The van der Waals surface area contributed by atoms with E-state index in [0.29, 0.717) is 11.8 Å². The summed E-state index contributed by atoms with van der Waals surface area (Å²) in [4.78, 5) is 0. The molecule has 0 aromatic heterocycles. The molecule has 0 nitrogen and oxygen atoms in total. The summed E-state index contributed by atoms with van der Waals surface area (Å²) in [6.07, 6.45) is 4.55. The summed E-state index contributed by atoms with van der Waals surface area (Å²) in [7, 11) is 0. The van der Waals surface area contributed by atoms with E-state index in [0.717, 1.165) is 0 Å². The molecule has 0 aliphatic heterocycles. The summed E-state index contributed by atoms with van der Waals surface area (Å²) in [5.41, 5.74) is 2.89. The molecule has 12 heavy (non-hydrogen) atoms. The summed E-state index contributed by atoms with van der Waals surface area (Å²) in [6.45, 7) is 4.55. The fraction of sp³-hybridized carbons (Fsp3) is 0.333. The maximum Gasteiger partial charge on any atom is 0.00502 e. The first-order valence-electron chi connectivity index (χ1n) is 4.56. The van der Waals surface area contributed by atoms with Gasteiger partial charge in [-0.2, -0.15) is 0 Å². The highest BCUT2D eigenvalue weighted by atomic mass is 14.2. The van der Waals surface area contributed by atoms with Gasteiger partial charge in [0.15, 0.2) is 0 Å². The molecule has 0 bridgehead atoms. The van der Waals surface area contributed by atoms with Gasteiger partial charge in [0, 0.05) is 5.92 Å². The average molecular weight is 158 g/mol. The molecule has 0 heteroatoms. The van der Waals surface area contributed by atoms with Crippen molar-refractivity contribution >= 4 is 6.08 Å². The van der Waals surface area contributed by atoms with Gasteiger partial charge in [-0.25, -0.2) is 0 Å². The molecule has 2 rings (SSSR count). The lowest BCUT2D eigenvalue weighted by atomic mass is 9.90. The van der Waals surface area contributed by atoms with Gasteiger partial charge in [0.05, 0.1) is 0 Å². The zero-order valence-corrected chi connectivity index (χ0v) is 7.62. The lowest BCUT2D eigenvalue weighted by Gasteiger charge is -2.14. The Kier molecular flexibility index (Phi) is 1.76. The molecule has 0 heterocycles. The van der Waals surface area contributed by atoms with E-state index in [2.05, 4.69) is 50.3 Å². The minimum absolute atomic E-state index is 0.640. The van der Waals surface area contributed by atoms with E-state index in [1.807, 2.05) is 0 Å². The highest BCUT2D eigenvalue weighted by Gasteiger charge is 2.18. The van der Waals surface area contributed by atoms with Crippen LogP contribution in [0.4, 0.5) is 0 Å². The highest BCUT2D eigenvalue weighted by Crippen LogP contribution is 2.34. The Hall–Kier alpha value is -1.04. The van der Waals surface area contributed by atoms with Gasteiger partial charge >= 0.3 is 0 Å². The fourth-order valence-corrected chi connectivity index (χ4v) is 1.86. The molecule has 1 aliphatic carbocycles. The van der Waals surface area contributed by atoms with E-state index in [1.165, 1.54) is 11.1 Å². The van der Waals surface area contributed by atoms with Crippen molar-refractivity contribution < 1.29 is 0 Å². The molecule has 1 atom stereocenters. The molecule has 0 fully saturated rings. The topological polar surface area (TPSA) is 0 Å². The zero-order valence-electron chi connectivity index (χ0n) is 7.62. The molecule has 1 aromatic carbocycles. The van der Waals surface area contributed by atoms with Gasteiger partial charge in [0.2, 0.25) is 0 Å². The van der Waals surface area contributed by atoms with Crippen LogP contribution in [0.15, 0.2) is 30.3 Å². The van der Waals surface area contributed by atoms with E-state index in [-0.39, 0.29) is 0 Å². The third-order valence-corrected chi connectivity index (χ3v) is 2.56. The van der Waals surface area contributed by atoms with Gasteiger partial charge < -0.3 is 0 Å². The van der Waals surface area contributed by atoms with Gasteiger partial charge in [-0.1, -0.05) is 50.3 Å². The summed E-state index contributed by atoms with van der Waals surface area (Å²) < 4.78 is 0. The van der Waals surface area contributed by atoms with Gasteiger partial charge in [-0.3, -0.25) is 0 Å². The predicted octanol–water partition coefficient (Wildman–Crippen LogP) is 3.45. The first kappa shape index (κ1) is 7.60. The Morgan fingerprint density at radius 1 is 1.17 bits per heavy atom. The third-order valence-electron chi connectivity index (χ3n) is 2.56. The maximum atomic E-state index is 2.31. The minimum Gasteiger partial charge on any atom is -0.0761 e. The molecular formula is C12H14. The Bertz CT molecular complexity index is 308. The Labute approximate surface area is 73.9 Å². The largest absolute Gasteiger partial charge is 0.0761 e. The van der Waals surface area contributed by atoms with Crippen LogP contribution >= 0.6 is 0 Å².